The lowest BCUT2D eigenvalue weighted by Crippen LogP contribution is -2.27. The first-order chi connectivity index (χ1) is 10.4. The summed E-state index contributed by atoms with van der Waals surface area (Å²) in [5.41, 5.74) is 10.1. The molecule has 0 unspecified atom stereocenters. The summed E-state index contributed by atoms with van der Waals surface area (Å²) in [6.45, 7) is 3.29. The number of rotatable bonds is 7. The molecule has 5 nitrogen and oxygen atoms in total. The number of aromatic nitrogens is 2. The molecule has 0 aliphatic heterocycles. The molecule has 0 aliphatic carbocycles. The average molecular weight is 283 g/mol. The van der Waals surface area contributed by atoms with Crippen LogP contribution >= 0.6 is 0 Å². The van der Waals surface area contributed by atoms with Crippen LogP contribution in [0.4, 0.5) is 5.69 Å². The molecule has 2 aromatic heterocycles. The van der Waals surface area contributed by atoms with Crippen molar-refractivity contribution in [1.82, 2.24) is 15.3 Å². The normalized spacial score (nSPS) is 11.1. The van der Waals surface area contributed by atoms with Crippen LogP contribution in [0.3, 0.4) is 0 Å². The highest BCUT2D eigenvalue weighted by atomic mass is 15.0. The molecule has 0 saturated heterocycles. The van der Waals surface area contributed by atoms with Crippen LogP contribution in [0, 0.1) is 0 Å². The summed E-state index contributed by atoms with van der Waals surface area (Å²) in [7, 11) is 0. The number of aromatic amines is 2. The Morgan fingerprint density at radius 2 is 1.86 bits per heavy atom. The van der Waals surface area contributed by atoms with E-state index in [0.717, 1.165) is 30.8 Å². The van der Waals surface area contributed by atoms with E-state index < -0.39 is 0 Å². The molecule has 0 atom stereocenters. The van der Waals surface area contributed by atoms with E-state index in [1.165, 1.54) is 16.5 Å². The Morgan fingerprint density at radius 3 is 2.76 bits per heavy atom. The van der Waals surface area contributed by atoms with Gasteiger partial charge in [0.15, 0.2) is 0 Å². The molecule has 2 heterocycles. The molecule has 110 valence electrons. The maximum atomic E-state index is 5.46. The van der Waals surface area contributed by atoms with Crippen LogP contribution in [0.2, 0.25) is 0 Å². The molecule has 21 heavy (non-hydrogen) atoms. The average Bonchev–Trinajstić information content (AvgIpc) is 3.13. The molecule has 0 radical (unpaired) electrons. The fourth-order valence-corrected chi connectivity index (χ4v) is 2.54. The predicted octanol–water partition coefficient (Wildman–Crippen LogP) is 2.12. The predicted molar refractivity (Wildman–Crippen MR) is 88.5 cm³/mol. The Bertz CT molecular complexity index is 697. The number of anilines is 1. The van der Waals surface area contributed by atoms with Crippen molar-refractivity contribution in [2.75, 3.05) is 31.5 Å². The van der Waals surface area contributed by atoms with Gasteiger partial charge in [0.2, 0.25) is 0 Å². The van der Waals surface area contributed by atoms with Gasteiger partial charge < -0.3 is 26.3 Å². The second-order valence-corrected chi connectivity index (χ2v) is 5.00. The fourth-order valence-electron chi connectivity index (χ4n) is 2.54. The Morgan fingerprint density at radius 1 is 0.952 bits per heavy atom. The van der Waals surface area contributed by atoms with Crippen LogP contribution in [0.1, 0.15) is 0 Å². The molecule has 5 heteroatoms. The molecule has 0 bridgehead atoms. The Balaban J connectivity index is 1.76. The number of hydrogen-bond donors (Lipinski definition) is 5. The highest BCUT2D eigenvalue weighted by molar-refractivity contribution is 5.98. The number of nitrogens with one attached hydrogen (secondary N) is 4. The zero-order valence-corrected chi connectivity index (χ0v) is 11.9. The quantitative estimate of drug-likeness (QED) is 0.431. The summed E-state index contributed by atoms with van der Waals surface area (Å²) in [5.74, 6) is 0. The van der Waals surface area contributed by atoms with Crippen LogP contribution in [0.15, 0.2) is 42.9 Å². The summed E-state index contributed by atoms with van der Waals surface area (Å²) < 4.78 is 0. The smallest absolute Gasteiger partial charge is 0.0598 e. The molecule has 1 aromatic carbocycles. The molecule has 6 N–H and O–H groups in total. The summed E-state index contributed by atoms with van der Waals surface area (Å²) in [6.07, 6.45) is 6.09. The van der Waals surface area contributed by atoms with Crippen LogP contribution in [0.25, 0.3) is 22.0 Å². The third kappa shape index (κ3) is 2.94. The standard InChI is InChI=1S/C16H21N5/c17-5-6-18-7-8-20-16-11-19-9-14(16)13-10-21-15-4-2-1-3-12(13)15/h1-4,9-11,18-21H,5-8,17H2. The van der Waals surface area contributed by atoms with Gasteiger partial charge in [-0.05, 0) is 6.07 Å². The van der Waals surface area contributed by atoms with Gasteiger partial charge in [0.1, 0.15) is 0 Å². The number of para-hydroxylation sites is 1. The largest absolute Gasteiger partial charge is 0.382 e. The maximum absolute atomic E-state index is 5.46. The molecule has 0 amide bonds. The maximum Gasteiger partial charge on any atom is 0.0598 e. The van der Waals surface area contributed by atoms with Crippen LogP contribution in [0.5, 0.6) is 0 Å². The van der Waals surface area contributed by atoms with Crippen molar-refractivity contribution in [3.63, 3.8) is 0 Å². The molecule has 0 saturated carbocycles. The molecule has 3 rings (SSSR count). The third-order valence-electron chi connectivity index (χ3n) is 3.56. The van der Waals surface area contributed by atoms with Gasteiger partial charge >= 0.3 is 0 Å². The van der Waals surface area contributed by atoms with Gasteiger partial charge in [0, 0.05) is 66.8 Å². The molecular formula is C16H21N5. The minimum atomic E-state index is 0.671. The molecular weight excluding hydrogens is 262 g/mol. The zero-order chi connectivity index (χ0) is 14.5. The lowest BCUT2D eigenvalue weighted by molar-refractivity contribution is 0.707. The van der Waals surface area contributed by atoms with Crippen molar-refractivity contribution in [1.29, 1.82) is 0 Å². The SMILES string of the molecule is NCCNCCNc1c[nH]cc1-c1c[nH]c2ccccc12. The van der Waals surface area contributed by atoms with Gasteiger partial charge in [-0.1, -0.05) is 18.2 Å². The number of H-pyrrole nitrogens is 2. The van der Waals surface area contributed by atoms with E-state index in [1.54, 1.807) is 0 Å². The molecule has 0 spiro atoms. The Kier molecular flexibility index (Phi) is 4.23. The van der Waals surface area contributed by atoms with Crippen LogP contribution < -0.4 is 16.4 Å². The Hall–Kier alpha value is -2.24. The van der Waals surface area contributed by atoms with Gasteiger partial charge in [0.25, 0.3) is 0 Å². The van der Waals surface area contributed by atoms with Crippen molar-refractivity contribution in [2.24, 2.45) is 5.73 Å². The highest BCUT2D eigenvalue weighted by Crippen LogP contribution is 2.33. The number of benzene rings is 1. The minimum absolute atomic E-state index is 0.671. The second-order valence-electron chi connectivity index (χ2n) is 5.00. The molecule has 3 aromatic rings. The first-order valence-electron chi connectivity index (χ1n) is 7.28. The third-order valence-corrected chi connectivity index (χ3v) is 3.56. The highest BCUT2D eigenvalue weighted by Gasteiger charge is 2.10. The topological polar surface area (TPSA) is 81.7 Å². The summed E-state index contributed by atoms with van der Waals surface area (Å²) in [5, 5.41) is 7.97. The van der Waals surface area contributed by atoms with Gasteiger partial charge in [-0.25, -0.2) is 0 Å². The van der Waals surface area contributed by atoms with Crippen molar-refractivity contribution in [3.05, 3.63) is 42.9 Å². The van der Waals surface area contributed by atoms with E-state index in [0.29, 0.717) is 6.54 Å². The van der Waals surface area contributed by atoms with Crippen LogP contribution in [-0.2, 0) is 0 Å². The van der Waals surface area contributed by atoms with Crippen molar-refractivity contribution < 1.29 is 0 Å². The van der Waals surface area contributed by atoms with Crippen molar-refractivity contribution >= 4 is 16.6 Å². The Labute approximate surface area is 123 Å². The number of fused-ring (bicyclic) bond motifs is 1. The minimum Gasteiger partial charge on any atom is -0.382 e. The summed E-state index contributed by atoms with van der Waals surface area (Å²) in [4.78, 5) is 6.51. The van der Waals surface area contributed by atoms with E-state index in [9.17, 15) is 0 Å². The zero-order valence-electron chi connectivity index (χ0n) is 11.9. The van der Waals surface area contributed by atoms with Crippen molar-refractivity contribution in [2.45, 2.75) is 0 Å². The van der Waals surface area contributed by atoms with E-state index in [2.05, 4.69) is 45.0 Å². The van der Waals surface area contributed by atoms with Gasteiger partial charge in [-0.3, -0.25) is 0 Å². The summed E-state index contributed by atoms with van der Waals surface area (Å²) in [6, 6.07) is 8.34. The monoisotopic (exact) mass is 283 g/mol. The van der Waals surface area contributed by atoms with E-state index >= 15 is 0 Å². The second kappa shape index (κ2) is 6.47. The molecule has 0 aliphatic rings. The lowest BCUT2D eigenvalue weighted by Gasteiger charge is -2.08. The molecule has 0 fully saturated rings. The van der Waals surface area contributed by atoms with Crippen LogP contribution in [-0.4, -0.2) is 36.1 Å². The van der Waals surface area contributed by atoms with E-state index in [1.807, 2.05) is 18.5 Å². The first kappa shape index (κ1) is 13.7. The van der Waals surface area contributed by atoms with Gasteiger partial charge in [0.05, 0.1) is 5.69 Å². The van der Waals surface area contributed by atoms with Crippen molar-refractivity contribution in [3.8, 4) is 11.1 Å². The van der Waals surface area contributed by atoms with E-state index in [4.69, 9.17) is 5.73 Å². The van der Waals surface area contributed by atoms with E-state index in [-0.39, 0.29) is 0 Å². The number of nitrogens with two attached hydrogens (primary N) is 1. The van der Waals surface area contributed by atoms with Gasteiger partial charge in [-0.2, -0.15) is 0 Å². The fraction of sp³-hybridized carbons (Fsp3) is 0.250. The number of hydrogen-bond acceptors (Lipinski definition) is 3. The lowest BCUT2D eigenvalue weighted by atomic mass is 10.1. The summed E-state index contributed by atoms with van der Waals surface area (Å²) >= 11 is 0. The first-order valence-corrected chi connectivity index (χ1v) is 7.28. The van der Waals surface area contributed by atoms with Gasteiger partial charge in [-0.15, -0.1) is 0 Å².